The van der Waals surface area contributed by atoms with Crippen LogP contribution in [-0.4, -0.2) is 31.9 Å². The summed E-state index contributed by atoms with van der Waals surface area (Å²) < 4.78 is 15.8. The summed E-state index contributed by atoms with van der Waals surface area (Å²) in [5.74, 6) is -0.353. The molecule has 0 saturated heterocycles. The molecule has 1 aromatic rings. The number of hydrogen-bond donors (Lipinski definition) is 0. The average molecular weight is 362 g/mol. The van der Waals surface area contributed by atoms with E-state index in [1.807, 2.05) is 0 Å². The molecule has 0 unspecified atom stereocenters. The first-order chi connectivity index (χ1) is 8.24. The van der Waals surface area contributed by atoms with Gasteiger partial charge in [-0.25, -0.2) is 9.55 Å². The van der Waals surface area contributed by atoms with Gasteiger partial charge in [0.05, 0.1) is 13.7 Å². The number of aryl methyl sites for hydroxylation is 1. The van der Waals surface area contributed by atoms with Gasteiger partial charge in [-0.2, -0.15) is 0 Å². The van der Waals surface area contributed by atoms with Crippen LogP contribution >= 0.6 is 19.4 Å². The second-order valence-electron chi connectivity index (χ2n) is 3.36. The molecule has 0 spiro atoms. The van der Waals surface area contributed by atoms with Crippen molar-refractivity contribution in [2.75, 3.05) is 5.88 Å². The van der Waals surface area contributed by atoms with E-state index in [1.54, 1.807) is 0 Å². The Morgan fingerprint density at radius 3 is 2.43 bits per heavy atom. The molecule has 1 aromatic heterocycles. The van der Waals surface area contributed by atoms with E-state index in [1.165, 1.54) is 6.92 Å². The summed E-state index contributed by atoms with van der Waals surface area (Å²) in [6.07, 6.45) is -0.159. The van der Waals surface area contributed by atoms with Gasteiger partial charge in [-0.05, 0) is 4.92 Å². The number of phosphoric ester groups is 1. The smallest absolute Gasteiger partial charge is 0.790 e. The molecule has 0 amide bonds. The van der Waals surface area contributed by atoms with Gasteiger partial charge >= 0.3 is 64.9 Å². The van der Waals surface area contributed by atoms with Crippen molar-refractivity contribution in [3.8, 4) is 0 Å². The third-order valence-electron chi connectivity index (χ3n) is 2.06. The molecule has 0 aromatic carbocycles. The number of nitro groups is 1. The molecule has 10 nitrogen and oxygen atoms in total. The van der Waals surface area contributed by atoms with Crippen LogP contribution in [-0.2, 0) is 15.6 Å². The van der Waals surface area contributed by atoms with E-state index in [9.17, 15) is 24.5 Å². The maximum absolute atomic E-state index is 10.7. The van der Waals surface area contributed by atoms with E-state index in [-0.39, 0.29) is 88.7 Å². The molecule has 110 valence electrons. The Hall–Kier alpha value is 0.970. The van der Waals surface area contributed by atoms with E-state index in [0.29, 0.717) is 0 Å². The van der Waals surface area contributed by atoms with Crippen molar-refractivity contribution in [2.45, 2.75) is 19.6 Å². The summed E-state index contributed by atoms with van der Waals surface area (Å²) in [6.45, 7) is 1.24. The Labute approximate surface area is 169 Å². The predicted molar refractivity (Wildman–Crippen MR) is 60.4 cm³/mol. The molecule has 0 radical (unpaired) electrons. The number of rotatable bonds is 6. The molecule has 1 atom stereocenters. The zero-order chi connectivity index (χ0) is 13.9. The molecular formula is C7H11ClN3Na2O7P. The number of phosphoric acid groups is 1. The largest absolute Gasteiger partial charge is 1.00 e. The van der Waals surface area contributed by atoms with E-state index in [4.69, 9.17) is 11.6 Å². The standard InChI is InChI=1S/C7H11ClN3O6P.2Na.H2O/c1-5-9-3-7(11(12)13)10(5)4-6(2-8)17-18(14,15)16;;;/h3,6H,2,4H2,1H3,(H2,14,15,16);;;1H2/q;2*+1;/p-2/t6-;;;/m1.../s1. The topological polar surface area (TPSA) is 165 Å². The van der Waals surface area contributed by atoms with Gasteiger partial charge in [0.25, 0.3) is 0 Å². The third-order valence-corrected chi connectivity index (χ3v) is 2.96. The van der Waals surface area contributed by atoms with Gasteiger partial charge in [-0.15, -0.1) is 11.6 Å². The van der Waals surface area contributed by atoms with Gasteiger partial charge in [-0.3, -0.25) is 0 Å². The van der Waals surface area contributed by atoms with Crippen LogP contribution in [0.3, 0.4) is 0 Å². The fourth-order valence-electron chi connectivity index (χ4n) is 1.32. The van der Waals surface area contributed by atoms with Crippen LogP contribution in [0.2, 0.25) is 0 Å². The van der Waals surface area contributed by atoms with Crippen LogP contribution in [0.4, 0.5) is 5.82 Å². The van der Waals surface area contributed by atoms with Gasteiger partial charge < -0.3 is 34.5 Å². The second-order valence-corrected chi connectivity index (χ2v) is 4.77. The quantitative estimate of drug-likeness (QED) is 0.159. The number of imidazole rings is 1. The Morgan fingerprint density at radius 2 is 2.05 bits per heavy atom. The third kappa shape index (κ3) is 8.99. The molecule has 1 rings (SSSR count). The summed E-state index contributed by atoms with van der Waals surface area (Å²) in [7, 11) is -5.20. The van der Waals surface area contributed by atoms with Crippen LogP contribution < -0.4 is 68.9 Å². The van der Waals surface area contributed by atoms with Crippen molar-refractivity contribution in [3.05, 3.63) is 22.1 Å². The van der Waals surface area contributed by atoms with Crippen LogP contribution in [0.15, 0.2) is 6.20 Å². The van der Waals surface area contributed by atoms with Crippen LogP contribution in [0.25, 0.3) is 0 Å². The maximum Gasteiger partial charge on any atom is 1.00 e. The SMILES string of the molecule is Cc1ncc([N+](=O)[O-])n1C[C@@H](CCl)OP(=O)([O-])[O-].O.[Na+].[Na+]. The molecule has 1 heterocycles. The summed E-state index contributed by atoms with van der Waals surface area (Å²) in [5.41, 5.74) is 0. The Morgan fingerprint density at radius 1 is 1.52 bits per heavy atom. The van der Waals surface area contributed by atoms with Gasteiger partial charge in [0, 0.05) is 6.92 Å². The number of halogens is 1. The summed E-state index contributed by atoms with van der Waals surface area (Å²) in [5, 5.41) is 10.7. The van der Waals surface area contributed by atoms with Gasteiger partial charge in [0.1, 0.15) is 18.8 Å². The van der Waals surface area contributed by atoms with Crippen molar-refractivity contribution in [3.63, 3.8) is 0 Å². The summed E-state index contributed by atoms with van der Waals surface area (Å²) in [6, 6.07) is 0. The van der Waals surface area contributed by atoms with Crippen LogP contribution in [0.1, 0.15) is 5.82 Å². The van der Waals surface area contributed by atoms with Crippen molar-refractivity contribution in [1.82, 2.24) is 9.55 Å². The Balaban J connectivity index is -0.00000108. The molecule has 0 aliphatic carbocycles. The van der Waals surface area contributed by atoms with Gasteiger partial charge in [0.2, 0.25) is 0 Å². The molecule has 0 aliphatic heterocycles. The minimum Gasteiger partial charge on any atom is -0.790 e. The zero-order valence-electron chi connectivity index (χ0n) is 11.7. The van der Waals surface area contributed by atoms with Crippen molar-refractivity contribution in [1.29, 1.82) is 0 Å². The molecule has 0 fully saturated rings. The number of hydrogen-bond acceptors (Lipinski definition) is 7. The molecular weight excluding hydrogens is 350 g/mol. The van der Waals surface area contributed by atoms with Crippen LogP contribution in [0.5, 0.6) is 0 Å². The number of nitrogens with zero attached hydrogens (tertiary/aromatic N) is 3. The minimum absolute atomic E-state index is 0. The van der Waals surface area contributed by atoms with Crippen molar-refractivity contribution in [2.24, 2.45) is 0 Å². The second kappa shape index (κ2) is 11.5. The predicted octanol–water partition coefficient (Wildman–Crippen LogP) is -7.26. The van der Waals surface area contributed by atoms with E-state index in [2.05, 4.69) is 9.51 Å². The van der Waals surface area contributed by atoms with E-state index < -0.39 is 18.8 Å². The van der Waals surface area contributed by atoms with Crippen molar-refractivity contribution < 1.29 is 88.4 Å². The minimum atomic E-state index is -5.20. The monoisotopic (exact) mass is 361 g/mol. The first kappa shape index (κ1) is 26.8. The van der Waals surface area contributed by atoms with Crippen molar-refractivity contribution >= 4 is 25.2 Å². The number of alkyl halides is 1. The fourth-order valence-corrected chi connectivity index (χ4v) is 2.08. The zero-order valence-corrected chi connectivity index (χ0v) is 17.3. The van der Waals surface area contributed by atoms with E-state index >= 15 is 0 Å². The fraction of sp³-hybridized carbons (Fsp3) is 0.571. The molecule has 0 saturated carbocycles. The maximum atomic E-state index is 10.7. The molecule has 14 heteroatoms. The normalized spacial score (nSPS) is 11.6. The molecule has 2 N–H and O–H groups in total. The average Bonchev–Trinajstić information content (AvgIpc) is 2.57. The molecule has 0 bridgehead atoms. The van der Waals surface area contributed by atoms with Gasteiger partial charge in [0.15, 0.2) is 5.82 Å². The Kier molecular flexibility index (Phi) is 14.7. The molecule has 21 heavy (non-hydrogen) atoms. The number of aromatic nitrogens is 2. The first-order valence-electron chi connectivity index (χ1n) is 4.67. The summed E-state index contributed by atoms with van der Waals surface area (Å²) in [4.78, 5) is 34.7. The van der Waals surface area contributed by atoms with Gasteiger partial charge in [-0.1, -0.05) is 0 Å². The summed E-state index contributed by atoms with van der Waals surface area (Å²) >= 11 is 5.45. The first-order valence-corrected chi connectivity index (χ1v) is 6.67. The molecule has 0 aliphatic rings. The van der Waals surface area contributed by atoms with E-state index in [0.717, 1.165) is 10.8 Å². The van der Waals surface area contributed by atoms with Crippen LogP contribution in [0, 0.1) is 17.0 Å². The Bertz CT molecular complexity index is 497.